The van der Waals surface area contributed by atoms with E-state index in [-0.39, 0.29) is 0 Å². The summed E-state index contributed by atoms with van der Waals surface area (Å²) in [5, 5.41) is 7.97. The van der Waals surface area contributed by atoms with Crippen molar-refractivity contribution in [3.63, 3.8) is 0 Å². The van der Waals surface area contributed by atoms with Crippen molar-refractivity contribution < 1.29 is 4.74 Å². The number of hydrogen-bond acceptors (Lipinski definition) is 3. The summed E-state index contributed by atoms with van der Waals surface area (Å²) in [5.41, 5.74) is 7.40. The van der Waals surface area contributed by atoms with E-state index < -0.39 is 0 Å². The fourth-order valence-electron chi connectivity index (χ4n) is 1.97. The topological polar surface area (TPSA) is 45.6 Å². The highest BCUT2D eigenvalue weighted by Gasteiger charge is 2.02. The lowest BCUT2D eigenvalue weighted by molar-refractivity contribution is 0.145. The molecule has 0 aliphatic rings. The molecule has 0 amide bonds. The zero-order valence-electron chi connectivity index (χ0n) is 13.3. The Morgan fingerprint density at radius 1 is 1.33 bits per heavy atom. The molecule has 21 heavy (non-hydrogen) atoms. The Hall–Kier alpha value is -1.46. The first-order valence-electron chi connectivity index (χ1n) is 7.28. The van der Waals surface area contributed by atoms with E-state index in [0.29, 0.717) is 5.11 Å². The van der Waals surface area contributed by atoms with Gasteiger partial charge in [0.15, 0.2) is 5.11 Å². The molecule has 116 valence electrons. The Balaban J connectivity index is 2.42. The highest BCUT2D eigenvalue weighted by Crippen LogP contribution is 2.11. The predicted molar refractivity (Wildman–Crippen MR) is 93.0 cm³/mol. The minimum Gasteiger partial charge on any atom is -0.382 e. The second kappa shape index (κ2) is 9.47. The minimum atomic E-state index is 0.538. The second-order valence-corrected chi connectivity index (χ2v) is 5.34. The third-order valence-corrected chi connectivity index (χ3v) is 3.29. The Morgan fingerprint density at radius 2 is 2.10 bits per heavy atom. The highest BCUT2D eigenvalue weighted by molar-refractivity contribution is 7.80. The van der Waals surface area contributed by atoms with Gasteiger partial charge in [0.1, 0.15) is 0 Å². The summed E-state index contributed by atoms with van der Waals surface area (Å²) < 4.78 is 5.26. The molecule has 0 heterocycles. The largest absolute Gasteiger partial charge is 0.382 e. The lowest BCUT2D eigenvalue weighted by atomic mass is 10.0. The van der Waals surface area contributed by atoms with Gasteiger partial charge in [-0.15, -0.1) is 0 Å². The number of nitrogens with one attached hydrogen (secondary N) is 2. The van der Waals surface area contributed by atoms with E-state index >= 15 is 0 Å². The van der Waals surface area contributed by atoms with Crippen LogP contribution in [0.1, 0.15) is 37.0 Å². The van der Waals surface area contributed by atoms with Crippen molar-refractivity contribution in [2.45, 2.75) is 34.1 Å². The van der Waals surface area contributed by atoms with E-state index in [9.17, 15) is 0 Å². The van der Waals surface area contributed by atoms with Crippen LogP contribution in [0, 0.1) is 13.8 Å². The molecule has 0 spiro atoms. The monoisotopic (exact) mass is 307 g/mol. The third kappa shape index (κ3) is 6.69. The summed E-state index contributed by atoms with van der Waals surface area (Å²) >= 11 is 5.18. The summed E-state index contributed by atoms with van der Waals surface area (Å²) in [6.45, 7) is 10.4. The summed E-state index contributed by atoms with van der Waals surface area (Å²) in [6.07, 6.45) is 0.926. The van der Waals surface area contributed by atoms with Crippen molar-refractivity contribution in [1.29, 1.82) is 0 Å². The van der Waals surface area contributed by atoms with Crippen LogP contribution in [0.15, 0.2) is 23.3 Å². The molecule has 0 radical (unpaired) electrons. The van der Waals surface area contributed by atoms with Crippen molar-refractivity contribution in [3.05, 3.63) is 34.9 Å². The Labute approximate surface area is 133 Å². The number of nitrogens with zero attached hydrogens (tertiary/aromatic N) is 1. The van der Waals surface area contributed by atoms with Gasteiger partial charge in [0.05, 0.1) is 5.71 Å². The lowest BCUT2D eigenvalue weighted by Gasteiger charge is -2.09. The molecule has 0 atom stereocenters. The van der Waals surface area contributed by atoms with E-state index in [4.69, 9.17) is 17.0 Å². The summed E-state index contributed by atoms with van der Waals surface area (Å²) in [6, 6.07) is 6.33. The maximum absolute atomic E-state index is 5.26. The second-order valence-electron chi connectivity index (χ2n) is 4.93. The van der Waals surface area contributed by atoms with Crippen molar-refractivity contribution in [2.75, 3.05) is 19.8 Å². The van der Waals surface area contributed by atoms with Crippen LogP contribution in [0.25, 0.3) is 0 Å². The molecular formula is C16H25N3OS. The van der Waals surface area contributed by atoms with E-state index in [1.54, 1.807) is 0 Å². The van der Waals surface area contributed by atoms with Crippen LogP contribution in [0.5, 0.6) is 0 Å². The van der Waals surface area contributed by atoms with Gasteiger partial charge in [-0.05, 0) is 51.9 Å². The van der Waals surface area contributed by atoms with Gasteiger partial charge >= 0.3 is 0 Å². The maximum atomic E-state index is 5.26. The summed E-state index contributed by atoms with van der Waals surface area (Å²) in [5.74, 6) is 0. The summed E-state index contributed by atoms with van der Waals surface area (Å²) in [7, 11) is 0. The van der Waals surface area contributed by atoms with Crippen molar-refractivity contribution in [1.82, 2.24) is 10.7 Å². The summed E-state index contributed by atoms with van der Waals surface area (Å²) in [4.78, 5) is 0. The van der Waals surface area contributed by atoms with Gasteiger partial charge in [0, 0.05) is 25.3 Å². The number of hydrogen-bond donors (Lipinski definition) is 2. The van der Waals surface area contributed by atoms with Gasteiger partial charge in [0.2, 0.25) is 0 Å². The first kappa shape index (κ1) is 17.6. The number of hydrazone groups is 1. The quantitative estimate of drug-likeness (QED) is 0.352. The molecule has 0 saturated heterocycles. The van der Waals surface area contributed by atoms with E-state index in [1.165, 1.54) is 11.1 Å². The normalized spacial score (nSPS) is 11.3. The average Bonchev–Trinajstić information content (AvgIpc) is 2.44. The molecule has 0 bridgehead atoms. The van der Waals surface area contributed by atoms with Gasteiger partial charge in [-0.25, -0.2) is 0 Å². The predicted octanol–water partition coefficient (Wildman–Crippen LogP) is 2.92. The Bertz CT molecular complexity index is 500. The molecule has 0 fully saturated rings. The molecule has 0 unspecified atom stereocenters. The highest BCUT2D eigenvalue weighted by atomic mass is 32.1. The third-order valence-electron chi connectivity index (χ3n) is 3.05. The number of rotatable bonds is 7. The van der Waals surface area contributed by atoms with Crippen LogP contribution in [-0.4, -0.2) is 30.6 Å². The smallest absolute Gasteiger partial charge is 0.186 e. The molecule has 1 aromatic rings. The van der Waals surface area contributed by atoms with Crippen LogP contribution in [0.3, 0.4) is 0 Å². The molecule has 2 N–H and O–H groups in total. The standard InChI is InChI=1S/C16H25N3OS/c1-5-20-10-6-9-17-16(21)19-18-14(4)15-8-7-12(2)11-13(15)3/h7-8,11H,5-6,9-10H2,1-4H3,(H2,17,19,21)/b18-14-. The number of aryl methyl sites for hydroxylation is 2. The van der Waals surface area contributed by atoms with E-state index in [1.807, 2.05) is 13.8 Å². The molecule has 1 aromatic carbocycles. The SMILES string of the molecule is CCOCCCNC(=S)N/N=C(/C)c1ccc(C)cc1C. The molecule has 1 rings (SSSR count). The number of benzene rings is 1. The fraction of sp³-hybridized carbons (Fsp3) is 0.500. The van der Waals surface area contributed by atoms with E-state index in [2.05, 4.69) is 47.9 Å². The maximum Gasteiger partial charge on any atom is 0.186 e. The molecule has 0 aliphatic heterocycles. The molecule has 0 saturated carbocycles. The first-order valence-corrected chi connectivity index (χ1v) is 7.69. The molecule has 0 aromatic heterocycles. The van der Waals surface area contributed by atoms with Crippen LogP contribution >= 0.6 is 12.2 Å². The number of ether oxygens (including phenoxy) is 1. The average molecular weight is 307 g/mol. The zero-order chi connectivity index (χ0) is 15.7. The van der Waals surface area contributed by atoms with Crippen LogP contribution < -0.4 is 10.7 Å². The van der Waals surface area contributed by atoms with Crippen LogP contribution in [0.4, 0.5) is 0 Å². The van der Waals surface area contributed by atoms with Gasteiger partial charge < -0.3 is 10.1 Å². The van der Waals surface area contributed by atoms with Crippen LogP contribution in [0.2, 0.25) is 0 Å². The Morgan fingerprint density at radius 3 is 2.76 bits per heavy atom. The van der Waals surface area contributed by atoms with Gasteiger partial charge in [0.25, 0.3) is 0 Å². The van der Waals surface area contributed by atoms with Gasteiger partial charge in [-0.1, -0.05) is 23.8 Å². The molecule has 0 aliphatic carbocycles. The zero-order valence-corrected chi connectivity index (χ0v) is 14.1. The molecular weight excluding hydrogens is 282 g/mol. The van der Waals surface area contributed by atoms with Crippen LogP contribution in [-0.2, 0) is 4.74 Å². The number of thiocarbonyl (C=S) groups is 1. The minimum absolute atomic E-state index is 0.538. The van der Waals surface area contributed by atoms with Crippen molar-refractivity contribution in [2.24, 2.45) is 5.10 Å². The van der Waals surface area contributed by atoms with E-state index in [0.717, 1.165) is 37.5 Å². The van der Waals surface area contributed by atoms with Gasteiger partial charge in [-0.3, -0.25) is 5.43 Å². The van der Waals surface area contributed by atoms with Crippen molar-refractivity contribution >= 4 is 23.0 Å². The molecule has 5 heteroatoms. The Kier molecular flexibility index (Phi) is 7.93. The first-order chi connectivity index (χ1) is 10.0. The fourth-order valence-corrected chi connectivity index (χ4v) is 2.12. The molecule has 4 nitrogen and oxygen atoms in total. The van der Waals surface area contributed by atoms with Gasteiger partial charge in [-0.2, -0.15) is 5.10 Å². The lowest BCUT2D eigenvalue weighted by Crippen LogP contribution is -2.33. The van der Waals surface area contributed by atoms with Crippen molar-refractivity contribution in [3.8, 4) is 0 Å².